The van der Waals surface area contributed by atoms with Crippen LogP contribution < -0.4 is 0 Å². The van der Waals surface area contributed by atoms with E-state index in [0.29, 0.717) is 6.61 Å². The van der Waals surface area contributed by atoms with Crippen LogP contribution in [0, 0.1) is 17.3 Å². The van der Waals surface area contributed by atoms with Gasteiger partial charge in [-0.2, -0.15) is 0 Å². The Kier molecular flexibility index (Phi) is 7.10. The summed E-state index contributed by atoms with van der Waals surface area (Å²) in [7, 11) is 1.27. The van der Waals surface area contributed by atoms with Gasteiger partial charge in [0.25, 0.3) is 0 Å². The standard InChI is InChI=1S/C23H30O6/c1-21(2,3)20-28-19(25)23(29-20,15-18(24)26-6)14-10-13-22(4,5)27-16-17-11-8-7-9-12-17/h7-9,11-12,20H,14-16H2,1-6H3/t20-,23+/m0/s1. The second-order valence-corrected chi connectivity index (χ2v) is 8.73. The van der Waals surface area contributed by atoms with Crippen LogP contribution in [0.15, 0.2) is 30.3 Å². The molecular weight excluding hydrogens is 372 g/mol. The molecule has 1 saturated heterocycles. The molecule has 0 spiro atoms. The Morgan fingerprint density at radius 2 is 1.83 bits per heavy atom. The Morgan fingerprint density at radius 1 is 1.17 bits per heavy atom. The molecule has 158 valence electrons. The molecule has 0 unspecified atom stereocenters. The van der Waals surface area contributed by atoms with Crippen LogP contribution in [0.3, 0.4) is 0 Å². The summed E-state index contributed by atoms with van der Waals surface area (Å²) in [4.78, 5) is 24.5. The lowest BCUT2D eigenvalue weighted by atomic mass is 9.94. The predicted molar refractivity (Wildman–Crippen MR) is 107 cm³/mol. The molecule has 1 aromatic rings. The largest absolute Gasteiger partial charge is 0.469 e. The van der Waals surface area contributed by atoms with Crippen molar-refractivity contribution in [2.24, 2.45) is 5.41 Å². The highest BCUT2D eigenvalue weighted by Crippen LogP contribution is 2.38. The Balaban J connectivity index is 2.12. The molecule has 0 amide bonds. The van der Waals surface area contributed by atoms with Crippen molar-refractivity contribution in [3.05, 3.63) is 35.9 Å². The van der Waals surface area contributed by atoms with Crippen molar-refractivity contribution in [2.45, 2.75) is 71.6 Å². The van der Waals surface area contributed by atoms with Crippen LogP contribution in [-0.4, -0.2) is 36.5 Å². The molecule has 2 rings (SSSR count). The highest BCUT2D eigenvalue weighted by molar-refractivity contribution is 5.87. The van der Waals surface area contributed by atoms with Gasteiger partial charge in [-0.3, -0.25) is 4.79 Å². The second kappa shape index (κ2) is 8.98. The molecule has 0 saturated carbocycles. The third-order valence-corrected chi connectivity index (χ3v) is 4.49. The zero-order chi connectivity index (χ0) is 21.7. The maximum atomic E-state index is 12.6. The monoisotopic (exact) mass is 402 g/mol. The maximum Gasteiger partial charge on any atom is 0.342 e. The molecule has 2 atom stereocenters. The molecule has 0 bridgehead atoms. The summed E-state index contributed by atoms with van der Waals surface area (Å²) < 4.78 is 22.0. The van der Waals surface area contributed by atoms with Gasteiger partial charge in [0.15, 0.2) is 5.60 Å². The Bertz CT molecular complexity index is 781. The first-order valence-corrected chi connectivity index (χ1v) is 9.61. The van der Waals surface area contributed by atoms with Crippen molar-refractivity contribution >= 4 is 11.9 Å². The van der Waals surface area contributed by atoms with Crippen LogP contribution in [0.25, 0.3) is 0 Å². The Hall–Kier alpha value is -2.36. The van der Waals surface area contributed by atoms with Crippen LogP contribution in [0.1, 0.15) is 53.0 Å². The Labute approximate surface area is 172 Å². The van der Waals surface area contributed by atoms with Gasteiger partial charge >= 0.3 is 11.9 Å². The van der Waals surface area contributed by atoms with Crippen LogP contribution in [-0.2, 0) is 35.1 Å². The minimum atomic E-state index is -1.48. The first kappa shape index (κ1) is 22.9. The summed E-state index contributed by atoms with van der Waals surface area (Å²) in [5, 5.41) is 0. The average molecular weight is 402 g/mol. The summed E-state index contributed by atoms with van der Waals surface area (Å²) in [6.45, 7) is 9.80. The fourth-order valence-corrected chi connectivity index (χ4v) is 2.70. The highest BCUT2D eigenvalue weighted by atomic mass is 16.8. The van der Waals surface area contributed by atoms with Gasteiger partial charge in [-0.05, 0) is 19.4 Å². The molecule has 1 aliphatic rings. The number of carbonyl (C=O) groups excluding carboxylic acids is 2. The number of methoxy groups -OCH3 is 1. The van der Waals surface area contributed by atoms with E-state index in [9.17, 15) is 9.59 Å². The fraction of sp³-hybridized carbons (Fsp3) is 0.565. The molecule has 6 nitrogen and oxygen atoms in total. The molecule has 0 N–H and O–H groups in total. The molecule has 0 aliphatic carbocycles. The van der Waals surface area contributed by atoms with Crippen molar-refractivity contribution in [3.63, 3.8) is 0 Å². The summed E-state index contributed by atoms with van der Waals surface area (Å²) >= 11 is 0. The van der Waals surface area contributed by atoms with Crippen molar-refractivity contribution in [2.75, 3.05) is 7.11 Å². The first-order chi connectivity index (χ1) is 13.5. The molecule has 1 heterocycles. The number of benzene rings is 1. The van der Waals surface area contributed by atoms with E-state index < -0.39 is 34.8 Å². The molecule has 1 aromatic carbocycles. The van der Waals surface area contributed by atoms with E-state index in [2.05, 4.69) is 11.8 Å². The van der Waals surface area contributed by atoms with Crippen molar-refractivity contribution in [1.82, 2.24) is 0 Å². The van der Waals surface area contributed by atoms with E-state index in [1.54, 1.807) is 0 Å². The summed E-state index contributed by atoms with van der Waals surface area (Å²) in [5.74, 6) is 4.85. The summed E-state index contributed by atoms with van der Waals surface area (Å²) in [6.07, 6.45) is -1.01. The van der Waals surface area contributed by atoms with Gasteiger partial charge in [0.1, 0.15) is 5.60 Å². The van der Waals surface area contributed by atoms with Gasteiger partial charge in [-0.25, -0.2) is 4.79 Å². The van der Waals surface area contributed by atoms with Gasteiger partial charge in [-0.1, -0.05) is 62.9 Å². The lowest BCUT2D eigenvalue weighted by Crippen LogP contribution is -2.40. The lowest BCUT2D eigenvalue weighted by Gasteiger charge is -2.27. The van der Waals surface area contributed by atoms with Gasteiger partial charge in [0.05, 0.1) is 20.1 Å². The molecule has 6 heteroatoms. The first-order valence-electron chi connectivity index (χ1n) is 9.61. The van der Waals surface area contributed by atoms with Crippen LogP contribution in [0.2, 0.25) is 0 Å². The van der Waals surface area contributed by atoms with Crippen molar-refractivity contribution in [1.29, 1.82) is 0 Å². The SMILES string of the molecule is COC(=O)C[C@@]1(CC#CC(C)(C)OCc2ccccc2)O[C@@H](C(C)(C)C)OC1=O. The molecular formula is C23H30O6. The van der Waals surface area contributed by atoms with Crippen LogP contribution in [0.4, 0.5) is 0 Å². The normalized spacial score (nSPS) is 21.9. The third-order valence-electron chi connectivity index (χ3n) is 4.49. The van der Waals surface area contributed by atoms with Gasteiger partial charge in [0.2, 0.25) is 6.29 Å². The smallest absolute Gasteiger partial charge is 0.342 e. The van der Waals surface area contributed by atoms with Gasteiger partial charge in [-0.15, -0.1) is 0 Å². The van der Waals surface area contributed by atoms with Crippen molar-refractivity contribution < 1.29 is 28.5 Å². The maximum absolute atomic E-state index is 12.6. The second-order valence-electron chi connectivity index (χ2n) is 8.73. The molecule has 0 radical (unpaired) electrons. The number of esters is 2. The van der Waals surface area contributed by atoms with E-state index in [4.69, 9.17) is 18.9 Å². The quantitative estimate of drug-likeness (QED) is 0.535. The number of hydrogen-bond donors (Lipinski definition) is 0. The summed E-state index contributed by atoms with van der Waals surface area (Å²) in [6, 6.07) is 9.79. The minimum Gasteiger partial charge on any atom is -0.469 e. The van der Waals surface area contributed by atoms with Crippen LogP contribution in [0.5, 0.6) is 0 Å². The number of ether oxygens (including phenoxy) is 4. The zero-order valence-electron chi connectivity index (χ0n) is 18.0. The third kappa shape index (κ3) is 6.31. The predicted octanol–water partition coefficient (Wildman–Crippen LogP) is 3.62. The molecule has 1 fully saturated rings. The van der Waals surface area contributed by atoms with Crippen molar-refractivity contribution in [3.8, 4) is 11.8 Å². The number of carbonyl (C=O) groups is 2. The fourth-order valence-electron chi connectivity index (χ4n) is 2.70. The highest BCUT2D eigenvalue weighted by Gasteiger charge is 2.54. The van der Waals surface area contributed by atoms with Gasteiger partial charge in [0, 0.05) is 11.8 Å². The lowest BCUT2D eigenvalue weighted by molar-refractivity contribution is -0.161. The minimum absolute atomic E-state index is 0.00560. The topological polar surface area (TPSA) is 71.1 Å². The summed E-state index contributed by atoms with van der Waals surface area (Å²) in [5.41, 5.74) is -1.61. The van der Waals surface area contributed by atoms with E-state index in [1.807, 2.05) is 65.0 Å². The zero-order valence-corrected chi connectivity index (χ0v) is 18.0. The number of cyclic esters (lactones) is 1. The molecule has 0 aromatic heterocycles. The van der Waals surface area contributed by atoms with Crippen LogP contribution >= 0.6 is 0 Å². The van der Waals surface area contributed by atoms with E-state index in [0.717, 1.165) is 5.56 Å². The number of rotatable bonds is 6. The van der Waals surface area contributed by atoms with E-state index >= 15 is 0 Å². The van der Waals surface area contributed by atoms with Gasteiger partial charge < -0.3 is 18.9 Å². The Morgan fingerprint density at radius 3 is 2.38 bits per heavy atom. The molecule has 29 heavy (non-hydrogen) atoms. The number of hydrogen-bond acceptors (Lipinski definition) is 6. The molecule has 1 aliphatic heterocycles. The average Bonchev–Trinajstić information content (AvgIpc) is 2.97. The van der Waals surface area contributed by atoms with E-state index in [1.165, 1.54) is 7.11 Å². The van der Waals surface area contributed by atoms with E-state index in [-0.39, 0.29) is 12.8 Å².